The van der Waals surface area contributed by atoms with E-state index in [2.05, 4.69) is 27.7 Å². The van der Waals surface area contributed by atoms with Gasteiger partial charge in [0.15, 0.2) is 0 Å². The fourth-order valence-electron chi connectivity index (χ4n) is 3.58. The Hall–Kier alpha value is 0.690. The number of piperidine rings is 1. The summed E-state index contributed by atoms with van der Waals surface area (Å²) < 4.78 is 1.42. The monoisotopic (exact) mass is 381 g/mol. The average molecular weight is 381 g/mol. The minimum Gasteiger partial charge on any atom is -1.00 e. The first-order valence-corrected chi connectivity index (χ1v) is 8.47. The van der Waals surface area contributed by atoms with E-state index in [1.165, 1.54) is 75.6 Å². The lowest BCUT2D eigenvalue weighted by atomic mass is 9.95. The molecule has 0 aliphatic carbocycles. The number of nitrogens with zero attached hydrogens (tertiary/aromatic N) is 1. The number of hydrogen-bond acceptors (Lipinski definition) is 0. The third-order valence-corrected chi connectivity index (χ3v) is 5.23. The highest BCUT2D eigenvalue weighted by Crippen LogP contribution is 2.23. The lowest BCUT2D eigenvalue weighted by molar-refractivity contribution is -0.933. The van der Waals surface area contributed by atoms with Crippen molar-refractivity contribution in [2.45, 2.75) is 72.6 Å². The molecule has 1 aliphatic rings. The zero-order valence-electron chi connectivity index (χ0n) is 13.8. The molecule has 116 valence electrons. The highest BCUT2D eigenvalue weighted by atomic mass is 127. The third-order valence-electron chi connectivity index (χ3n) is 5.23. The van der Waals surface area contributed by atoms with Gasteiger partial charge in [-0.1, -0.05) is 40.0 Å². The highest BCUT2D eigenvalue weighted by Gasteiger charge is 2.29. The van der Waals surface area contributed by atoms with Crippen LogP contribution in [0.3, 0.4) is 0 Å². The molecule has 0 radical (unpaired) electrons. The Balaban J connectivity index is 0.00000324. The van der Waals surface area contributed by atoms with Crippen molar-refractivity contribution in [1.29, 1.82) is 0 Å². The van der Waals surface area contributed by atoms with Gasteiger partial charge in [-0.05, 0) is 38.5 Å². The Kier molecular flexibility index (Phi) is 10.8. The van der Waals surface area contributed by atoms with Crippen LogP contribution in [0, 0.1) is 11.8 Å². The molecule has 1 heterocycles. The average Bonchev–Trinajstić information content (AvgIpc) is 2.39. The second-order valence-electron chi connectivity index (χ2n) is 6.90. The summed E-state index contributed by atoms with van der Waals surface area (Å²) in [7, 11) is 0. The number of likely N-dealkylation sites (tertiary alicyclic amines) is 1. The number of quaternary nitrogens is 1. The van der Waals surface area contributed by atoms with Crippen LogP contribution in [0.4, 0.5) is 0 Å². The topological polar surface area (TPSA) is 0 Å². The van der Waals surface area contributed by atoms with Gasteiger partial charge in [-0.15, -0.1) is 0 Å². The fraction of sp³-hybridized carbons (Fsp3) is 1.00. The summed E-state index contributed by atoms with van der Waals surface area (Å²) in [5.41, 5.74) is 0. The normalized spacial score (nSPS) is 21.5. The van der Waals surface area contributed by atoms with E-state index in [0.717, 1.165) is 11.8 Å². The summed E-state index contributed by atoms with van der Waals surface area (Å²) in [5, 5.41) is 0. The molecule has 0 saturated carbocycles. The SMILES string of the molecule is CCC(C)CCCC(C)C[N+]1(CC)CCCCC1.[I-]. The molecule has 1 fully saturated rings. The standard InChI is InChI=1S/C17H36N.HI/c1-5-16(3)11-10-12-17(4)15-18(6-2)13-8-7-9-14-18;/h16-17H,5-15H2,1-4H3;1H/q+1;/p-1. The van der Waals surface area contributed by atoms with Gasteiger partial charge in [-0.2, -0.15) is 0 Å². The van der Waals surface area contributed by atoms with Crippen LogP contribution in [0.15, 0.2) is 0 Å². The molecule has 0 amide bonds. The molecule has 0 bridgehead atoms. The summed E-state index contributed by atoms with van der Waals surface area (Å²) in [6, 6.07) is 0. The first-order chi connectivity index (χ1) is 8.62. The Bertz CT molecular complexity index is 211. The van der Waals surface area contributed by atoms with Crippen LogP contribution in [0.2, 0.25) is 0 Å². The van der Waals surface area contributed by atoms with Crippen LogP contribution in [-0.4, -0.2) is 30.7 Å². The number of hydrogen-bond donors (Lipinski definition) is 0. The van der Waals surface area contributed by atoms with Crippen molar-refractivity contribution < 1.29 is 28.5 Å². The van der Waals surface area contributed by atoms with E-state index >= 15 is 0 Å². The molecular weight excluding hydrogens is 345 g/mol. The molecule has 19 heavy (non-hydrogen) atoms. The lowest BCUT2D eigenvalue weighted by Crippen LogP contribution is -3.00. The van der Waals surface area contributed by atoms with Gasteiger partial charge in [0.05, 0.1) is 26.2 Å². The first-order valence-electron chi connectivity index (χ1n) is 8.47. The van der Waals surface area contributed by atoms with Crippen molar-refractivity contribution >= 4 is 0 Å². The molecule has 2 unspecified atom stereocenters. The van der Waals surface area contributed by atoms with Gasteiger partial charge in [0, 0.05) is 5.92 Å². The molecule has 0 aromatic heterocycles. The van der Waals surface area contributed by atoms with Crippen molar-refractivity contribution in [1.82, 2.24) is 0 Å². The lowest BCUT2D eigenvalue weighted by Gasteiger charge is -2.42. The molecule has 0 aromatic carbocycles. The molecule has 1 aliphatic heterocycles. The Morgan fingerprint density at radius 3 is 2.00 bits per heavy atom. The Morgan fingerprint density at radius 1 is 0.895 bits per heavy atom. The maximum Gasteiger partial charge on any atom is 0.0812 e. The van der Waals surface area contributed by atoms with Crippen LogP contribution < -0.4 is 24.0 Å². The fourth-order valence-corrected chi connectivity index (χ4v) is 3.58. The molecule has 0 N–H and O–H groups in total. The van der Waals surface area contributed by atoms with Crippen molar-refractivity contribution in [2.24, 2.45) is 11.8 Å². The van der Waals surface area contributed by atoms with Gasteiger partial charge < -0.3 is 28.5 Å². The maximum absolute atomic E-state index is 2.49. The predicted octanol–water partition coefficient (Wildman–Crippen LogP) is 1.86. The number of halogens is 1. The minimum atomic E-state index is 0. The third kappa shape index (κ3) is 7.31. The van der Waals surface area contributed by atoms with Crippen molar-refractivity contribution in [3.05, 3.63) is 0 Å². The van der Waals surface area contributed by atoms with E-state index in [1.807, 2.05) is 0 Å². The maximum atomic E-state index is 2.49. The smallest absolute Gasteiger partial charge is 0.0812 e. The van der Waals surface area contributed by atoms with Crippen molar-refractivity contribution in [2.75, 3.05) is 26.2 Å². The quantitative estimate of drug-likeness (QED) is 0.445. The second-order valence-corrected chi connectivity index (χ2v) is 6.90. The molecular formula is C17H36IN. The van der Waals surface area contributed by atoms with E-state index in [4.69, 9.17) is 0 Å². The second kappa shape index (κ2) is 10.4. The van der Waals surface area contributed by atoms with Crippen molar-refractivity contribution in [3.63, 3.8) is 0 Å². The highest BCUT2D eigenvalue weighted by molar-refractivity contribution is 4.60. The Labute approximate surface area is 139 Å². The molecule has 1 nitrogen and oxygen atoms in total. The van der Waals surface area contributed by atoms with Gasteiger partial charge in [0.2, 0.25) is 0 Å². The summed E-state index contributed by atoms with van der Waals surface area (Å²) in [5.74, 6) is 1.86. The van der Waals surface area contributed by atoms with E-state index in [9.17, 15) is 0 Å². The molecule has 0 spiro atoms. The van der Waals surface area contributed by atoms with Crippen LogP contribution in [-0.2, 0) is 0 Å². The summed E-state index contributed by atoms with van der Waals surface area (Å²) >= 11 is 0. The van der Waals surface area contributed by atoms with Crippen LogP contribution in [0.5, 0.6) is 0 Å². The van der Waals surface area contributed by atoms with Crippen LogP contribution in [0.25, 0.3) is 0 Å². The van der Waals surface area contributed by atoms with Crippen LogP contribution in [0.1, 0.15) is 72.6 Å². The largest absolute Gasteiger partial charge is 1.00 e. The molecule has 1 saturated heterocycles. The summed E-state index contributed by atoms with van der Waals surface area (Å²) in [4.78, 5) is 0. The van der Waals surface area contributed by atoms with Crippen molar-refractivity contribution in [3.8, 4) is 0 Å². The Morgan fingerprint density at radius 2 is 1.47 bits per heavy atom. The molecule has 1 rings (SSSR count). The van der Waals surface area contributed by atoms with Gasteiger partial charge in [-0.3, -0.25) is 0 Å². The minimum absolute atomic E-state index is 0. The van der Waals surface area contributed by atoms with Crippen LogP contribution >= 0.6 is 0 Å². The number of rotatable bonds is 8. The van der Waals surface area contributed by atoms with E-state index in [1.54, 1.807) is 0 Å². The van der Waals surface area contributed by atoms with E-state index < -0.39 is 0 Å². The molecule has 2 heteroatoms. The summed E-state index contributed by atoms with van der Waals surface area (Å²) in [6.45, 7) is 15.3. The zero-order chi connectivity index (χ0) is 13.4. The van der Waals surface area contributed by atoms with Gasteiger partial charge in [0.1, 0.15) is 0 Å². The van der Waals surface area contributed by atoms with Gasteiger partial charge in [-0.25, -0.2) is 0 Å². The summed E-state index contributed by atoms with van der Waals surface area (Å²) in [6.07, 6.45) is 10.1. The molecule has 0 aromatic rings. The van der Waals surface area contributed by atoms with Gasteiger partial charge in [0.25, 0.3) is 0 Å². The van der Waals surface area contributed by atoms with E-state index in [-0.39, 0.29) is 24.0 Å². The van der Waals surface area contributed by atoms with Gasteiger partial charge >= 0.3 is 0 Å². The molecule has 2 atom stereocenters. The first kappa shape index (κ1) is 19.7. The predicted molar refractivity (Wildman–Crippen MR) is 81.7 cm³/mol. The zero-order valence-corrected chi connectivity index (χ0v) is 15.9. The van der Waals surface area contributed by atoms with E-state index in [0.29, 0.717) is 0 Å².